The second kappa shape index (κ2) is 7.31. The van der Waals surface area contributed by atoms with Gasteiger partial charge >= 0.3 is 0 Å². The number of methoxy groups -OCH3 is 3. The van der Waals surface area contributed by atoms with Crippen molar-refractivity contribution in [1.82, 2.24) is 5.32 Å². The summed E-state index contributed by atoms with van der Waals surface area (Å²) in [7, 11) is 4.66. The Morgan fingerprint density at radius 2 is 1.54 bits per heavy atom. The fourth-order valence-corrected chi connectivity index (χ4v) is 2.63. The van der Waals surface area contributed by atoms with Crippen LogP contribution in [-0.2, 0) is 4.79 Å². The SMILES string of the molecule is COc1cc(OC)c(OC)cc1/C=C1\N=C(c2ccc(C)cc2)NC1=O. The lowest BCUT2D eigenvalue weighted by Crippen LogP contribution is -2.24. The molecule has 0 bridgehead atoms. The van der Waals surface area contributed by atoms with Crippen LogP contribution >= 0.6 is 0 Å². The Kier molecular flexibility index (Phi) is 4.93. The zero-order valence-corrected chi connectivity index (χ0v) is 15.1. The van der Waals surface area contributed by atoms with Gasteiger partial charge in [0.1, 0.15) is 17.3 Å². The predicted molar refractivity (Wildman–Crippen MR) is 99.9 cm³/mol. The summed E-state index contributed by atoms with van der Waals surface area (Å²) in [5, 5.41) is 2.79. The Morgan fingerprint density at radius 3 is 2.15 bits per heavy atom. The second-order valence-corrected chi connectivity index (χ2v) is 5.76. The first-order valence-corrected chi connectivity index (χ1v) is 8.04. The number of hydrogen-bond donors (Lipinski definition) is 1. The standard InChI is InChI=1S/C20H20N2O4/c1-12-5-7-13(8-6-12)19-21-15(20(23)22-19)9-14-10-17(25-3)18(26-4)11-16(14)24-2/h5-11H,1-4H3,(H,21,22,23)/b15-9-. The summed E-state index contributed by atoms with van der Waals surface area (Å²) in [5.41, 5.74) is 2.96. The first-order valence-electron chi connectivity index (χ1n) is 8.04. The van der Waals surface area contributed by atoms with Gasteiger partial charge in [0.05, 0.1) is 21.3 Å². The fourth-order valence-electron chi connectivity index (χ4n) is 2.63. The van der Waals surface area contributed by atoms with Crippen LogP contribution in [0.15, 0.2) is 47.1 Å². The van der Waals surface area contributed by atoms with Crippen LogP contribution in [0.3, 0.4) is 0 Å². The van der Waals surface area contributed by atoms with E-state index < -0.39 is 0 Å². The highest BCUT2D eigenvalue weighted by Gasteiger charge is 2.22. The molecule has 2 aromatic carbocycles. The van der Waals surface area contributed by atoms with Crippen LogP contribution in [0.1, 0.15) is 16.7 Å². The Bertz CT molecular complexity index is 899. The molecule has 0 atom stereocenters. The monoisotopic (exact) mass is 352 g/mol. The fraction of sp³-hybridized carbons (Fsp3) is 0.200. The van der Waals surface area contributed by atoms with E-state index in [0.717, 1.165) is 11.1 Å². The van der Waals surface area contributed by atoms with Gasteiger partial charge in [0.15, 0.2) is 11.5 Å². The van der Waals surface area contributed by atoms with Gasteiger partial charge in [0, 0.05) is 17.2 Å². The van der Waals surface area contributed by atoms with Gasteiger partial charge in [-0.05, 0) is 19.1 Å². The summed E-state index contributed by atoms with van der Waals surface area (Å²) >= 11 is 0. The Morgan fingerprint density at radius 1 is 0.923 bits per heavy atom. The molecule has 0 spiro atoms. The number of hydrogen-bond acceptors (Lipinski definition) is 5. The topological polar surface area (TPSA) is 69.2 Å². The minimum absolute atomic E-state index is 0.266. The Labute approximate surface area is 152 Å². The van der Waals surface area contributed by atoms with E-state index in [1.54, 1.807) is 39.5 Å². The van der Waals surface area contributed by atoms with Gasteiger partial charge in [-0.25, -0.2) is 4.99 Å². The molecule has 26 heavy (non-hydrogen) atoms. The quantitative estimate of drug-likeness (QED) is 0.840. The zero-order valence-electron chi connectivity index (χ0n) is 15.1. The molecule has 1 aliphatic rings. The molecule has 1 amide bonds. The molecule has 1 heterocycles. The highest BCUT2D eigenvalue weighted by molar-refractivity contribution is 6.19. The molecule has 6 heteroatoms. The third-order valence-corrected chi connectivity index (χ3v) is 4.05. The lowest BCUT2D eigenvalue weighted by Gasteiger charge is -2.12. The predicted octanol–water partition coefficient (Wildman–Crippen LogP) is 2.94. The molecule has 0 aliphatic carbocycles. The number of ether oxygens (including phenoxy) is 3. The van der Waals surface area contributed by atoms with Gasteiger partial charge in [-0.15, -0.1) is 0 Å². The number of amidine groups is 1. The van der Waals surface area contributed by atoms with Crippen molar-refractivity contribution in [3.8, 4) is 17.2 Å². The number of carbonyl (C=O) groups excluding carboxylic acids is 1. The van der Waals surface area contributed by atoms with Crippen LogP contribution in [0, 0.1) is 6.92 Å². The summed E-state index contributed by atoms with van der Waals surface area (Å²) in [5.74, 6) is 1.91. The van der Waals surface area contributed by atoms with E-state index in [4.69, 9.17) is 14.2 Å². The van der Waals surface area contributed by atoms with Crippen molar-refractivity contribution < 1.29 is 19.0 Å². The largest absolute Gasteiger partial charge is 0.496 e. The van der Waals surface area contributed by atoms with E-state index in [9.17, 15) is 4.79 Å². The van der Waals surface area contributed by atoms with E-state index in [0.29, 0.717) is 34.3 Å². The molecule has 1 aliphatic heterocycles. The summed E-state index contributed by atoms with van der Waals surface area (Å²) in [6, 6.07) is 11.3. The molecule has 3 rings (SSSR count). The summed E-state index contributed by atoms with van der Waals surface area (Å²) in [4.78, 5) is 16.7. The number of carbonyl (C=O) groups is 1. The number of benzene rings is 2. The van der Waals surface area contributed by atoms with Gasteiger partial charge in [-0.2, -0.15) is 0 Å². The van der Waals surface area contributed by atoms with Crippen molar-refractivity contribution in [3.63, 3.8) is 0 Å². The molecule has 0 saturated carbocycles. The highest BCUT2D eigenvalue weighted by Crippen LogP contribution is 2.36. The molecule has 0 radical (unpaired) electrons. The Hall–Kier alpha value is -3.28. The first-order chi connectivity index (χ1) is 12.5. The molecular formula is C20H20N2O4. The van der Waals surface area contributed by atoms with Crippen LogP contribution in [0.5, 0.6) is 17.2 Å². The molecule has 0 aromatic heterocycles. The van der Waals surface area contributed by atoms with Gasteiger partial charge < -0.3 is 19.5 Å². The van der Waals surface area contributed by atoms with E-state index in [1.165, 1.54) is 0 Å². The number of aryl methyl sites for hydroxylation is 1. The van der Waals surface area contributed by atoms with E-state index in [-0.39, 0.29) is 5.91 Å². The van der Waals surface area contributed by atoms with Crippen molar-refractivity contribution in [1.29, 1.82) is 0 Å². The van der Waals surface area contributed by atoms with Crippen LogP contribution in [0.4, 0.5) is 0 Å². The summed E-state index contributed by atoms with van der Waals surface area (Å²) < 4.78 is 16.0. The second-order valence-electron chi connectivity index (χ2n) is 5.76. The van der Waals surface area contributed by atoms with E-state index in [1.807, 2.05) is 31.2 Å². The maximum Gasteiger partial charge on any atom is 0.275 e. The molecule has 0 unspecified atom stereocenters. The van der Waals surface area contributed by atoms with Crippen molar-refractivity contribution in [2.45, 2.75) is 6.92 Å². The molecule has 134 valence electrons. The van der Waals surface area contributed by atoms with Gasteiger partial charge in [0.25, 0.3) is 5.91 Å². The number of nitrogens with one attached hydrogen (secondary N) is 1. The molecule has 2 aromatic rings. The maximum atomic E-state index is 12.3. The molecule has 1 N–H and O–H groups in total. The normalized spacial score (nSPS) is 14.8. The number of amides is 1. The number of rotatable bonds is 5. The van der Waals surface area contributed by atoms with Crippen LogP contribution < -0.4 is 19.5 Å². The first kappa shape index (κ1) is 17.5. The lowest BCUT2D eigenvalue weighted by atomic mass is 10.1. The highest BCUT2D eigenvalue weighted by atomic mass is 16.5. The van der Waals surface area contributed by atoms with Crippen molar-refractivity contribution in [2.24, 2.45) is 4.99 Å². The minimum atomic E-state index is -0.266. The van der Waals surface area contributed by atoms with Gasteiger partial charge in [-0.3, -0.25) is 4.79 Å². The third kappa shape index (κ3) is 3.39. The number of aliphatic imine (C=N–C) groups is 1. The van der Waals surface area contributed by atoms with Gasteiger partial charge in [-0.1, -0.05) is 29.8 Å². The van der Waals surface area contributed by atoms with Crippen LogP contribution in [0.25, 0.3) is 6.08 Å². The average Bonchev–Trinajstić information content (AvgIpc) is 3.02. The maximum absolute atomic E-state index is 12.3. The average molecular weight is 352 g/mol. The smallest absolute Gasteiger partial charge is 0.275 e. The van der Waals surface area contributed by atoms with Crippen LogP contribution in [0.2, 0.25) is 0 Å². The molecule has 0 saturated heterocycles. The Balaban J connectivity index is 2.01. The lowest BCUT2D eigenvalue weighted by molar-refractivity contribution is -0.115. The van der Waals surface area contributed by atoms with Crippen molar-refractivity contribution >= 4 is 17.8 Å². The van der Waals surface area contributed by atoms with E-state index >= 15 is 0 Å². The zero-order chi connectivity index (χ0) is 18.7. The molecule has 0 fully saturated rings. The molecular weight excluding hydrogens is 332 g/mol. The minimum Gasteiger partial charge on any atom is -0.496 e. The van der Waals surface area contributed by atoms with Gasteiger partial charge in [0.2, 0.25) is 0 Å². The van der Waals surface area contributed by atoms with E-state index in [2.05, 4.69) is 10.3 Å². The van der Waals surface area contributed by atoms with Crippen molar-refractivity contribution in [3.05, 3.63) is 58.8 Å². The van der Waals surface area contributed by atoms with Crippen molar-refractivity contribution in [2.75, 3.05) is 21.3 Å². The summed E-state index contributed by atoms with van der Waals surface area (Å²) in [6.07, 6.45) is 1.66. The molecule has 6 nitrogen and oxygen atoms in total. The number of nitrogens with zero attached hydrogens (tertiary/aromatic N) is 1. The summed E-state index contributed by atoms with van der Waals surface area (Å²) in [6.45, 7) is 2.01. The third-order valence-electron chi connectivity index (χ3n) is 4.05. The van der Waals surface area contributed by atoms with Crippen LogP contribution in [-0.4, -0.2) is 33.1 Å².